The van der Waals surface area contributed by atoms with Crippen LogP contribution in [0.4, 0.5) is 0 Å². The highest BCUT2D eigenvalue weighted by Crippen LogP contribution is 2.16. The fraction of sp³-hybridized carbons (Fsp3) is 0.690. The lowest BCUT2D eigenvalue weighted by Crippen LogP contribution is -2.13. The van der Waals surface area contributed by atoms with Gasteiger partial charge in [-0.05, 0) is 42.9 Å². The quantitative estimate of drug-likeness (QED) is 0.158. The second kappa shape index (κ2) is 18.0. The second-order valence-corrected chi connectivity index (χ2v) is 10.3. The summed E-state index contributed by atoms with van der Waals surface area (Å²) >= 11 is 0. The van der Waals surface area contributed by atoms with E-state index in [1.54, 1.807) is 0 Å². The van der Waals surface area contributed by atoms with Gasteiger partial charge in [-0.3, -0.25) is 0 Å². The Labute approximate surface area is 211 Å². The van der Waals surface area contributed by atoms with Gasteiger partial charge in [0.15, 0.2) is 0 Å². The largest absolute Gasteiger partial charge is 0.478 e. The molecular weight excluding hydrogens is 444 g/mol. The number of hydrogen-bond acceptors (Lipinski definition) is 5. The standard InChI is InChI=1S/C29H46O6/c1-22(2)15-11-7-5-9-13-17-34-28(32)25-19-24(27(30)31)20-26(21-25)29(33)35-18-14-10-6-8-12-16-23(3)4/h19-23H,5-18H2,1-4H3,(H,30,31). The van der Waals surface area contributed by atoms with Gasteiger partial charge in [-0.25, -0.2) is 14.4 Å². The molecule has 0 radical (unpaired) electrons. The molecule has 198 valence electrons. The summed E-state index contributed by atoms with van der Waals surface area (Å²) in [4.78, 5) is 36.4. The Morgan fingerprint density at radius 1 is 0.600 bits per heavy atom. The molecule has 0 aliphatic carbocycles. The number of rotatable bonds is 19. The number of unbranched alkanes of at least 4 members (excludes halogenated alkanes) is 8. The van der Waals surface area contributed by atoms with Gasteiger partial charge in [0.05, 0.1) is 29.9 Å². The van der Waals surface area contributed by atoms with E-state index in [9.17, 15) is 19.5 Å². The Balaban J connectivity index is 2.46. The Kier molecular flexibility index (Phi) is 15.7. The van der Waals surface area contributed by atoms with Crippen LogP contribution in [0.25, 0.3) is 0 Å². The van der Waals surface area contributed by atoms with Crippen LogP contribution in [-0.4, -0.2) is 36.2 Å². The van der Waals surface area contributed by atoms with Crippen LogP contribution in [0.3, 0.4) is 0 Å². The minimum atomic E-state index is -1.21. The molecule has 0 fully saturated rings. The molecule has 0 saturated carbocycles. The van der Waals surface area contributed by atoms with Gasteiger partial charge in [0.1, 0.15) is 0 Å². The molecule has 0 aromatic heterocycles. The summed E-state index contributed by atoms with van der Waals surface area (Å²) in [6.07, 6.45) is 13.0. The van der Waals surface area contributed by atoms with Gasteiger partial charge in [-0.15, -0.1) is 0 Å². The maximum Gasteiger partial charge on any atom is 0.338 e. The van der Waals surface area contributed by atoms with Crippen LogP contribution in [0, 0.1) is 11.8 Å². The molecule has 6 nitrogen and oxygen atoms in total. The number of carbonyl (C=O) groups is 3. The molecule has 0 bridgehead atoms. The van der Waals surface area contributed by atoms with Crippen molar-refractivity contribution in [3.05, 3.63) is 34.9 Å². The summed E-state index contributed by atoms with van der Waals surface area (Å²) in [7, 11) is 0. The molecular formula is C29H46O6. The summed E-state index contributed by atoms with van der Waals surface area (Å²) in [6, 6.07) is 3.84. The zero-order valence-corrected chi connectivity index (χ0v) is 22.3. The van der Waals surface area contributed by atoms with Crippen LogP contribution in [0.5, 0.6) is 0 Å². The molecule has 0 unspecified atom stereocenters. The van der Waals surface area contributed by atoms with Gasteiger partial charge in [0.25, 0.3) is 0 Å². The van der Waals surface area contributed by atoms with Crippen LogP contribution in [0.15, 0.2) is 18.2 Å². The van der Waals surface area contributed by atoms with Crippen LogP contribution in [-0.2, 0) is 9.47 Å². The number of hydrogen-bond donors (Lipinski definition) is 1. The smallest absolute Gasteiger partial charge is 0.338 e. The minimum absolute atomic E-state index is 0.0546. The normalized spacial score (nSPS) is 11.1. The third kappa shape index (κ3) is 14.6. The van der Waals surface area contributed by atoms with E-state index in [1.165, 1.54) is 56.7 Å². The van der Waals surface area contributed by atoms with Gasteiger partial charge in [-0.2, -0.15) is 0 Å². The van der Waals surface area contributed by atoms with Gasteiger partial charge < -0.3 is 14.6 Å². The van der Waals surface area contributed by atoms with Crippen LogP contribution in [0.1, 0.15) is 136 Å². The molecule has 0 heterocycles. The highest BCUT2D eigenvalue weighted by atomic mass is 16.5. The number of aromatic carboxylic acids is 1. The van der Waals surface area contributed by atoms with E-state index in [0.717, 1.165) is 50.4 Å². The average molecular weight is 491 g/mol. The predicted molar refractivity (Wildman–Crippen MR) is 139 cm³/mol. The summed E-state index contributed by atoms with van der Waals surface area (Å²) in [5, 5.41) is 9.40. The first kappa shape index (κ1) is 30.7. The van der Waals surface area contributed by atoms with Crippen molar-refractivity contribution in [3.63, 3.8) is 0 Å². The van der Waals surface area contributed by atoms with Crippen molar-refractivity contribution >= 4 is 17.9 Å². The van der Waals surface area contributed by atoms with Gasteiger partial charge in [0, 0.05) is 0 Å². The lowest BCUT2D eigenvalue weighted by molar-refractivity contribution is 0.0496. The summed E-state index contributed by atoms with van der Waals surface area (Å²) in [5.41, 5.74) is -0.0282. The van der Waals surface area contributed by atoms with Gasteiger partial charge in [-0.1, -0.05) is 91.9 Å². The minimum Gasteiger partial charge on any atom is -0.478 e. The number of carbonyl (C=O) groups excluding carboxylic acids is 2. The van der Waals surface area contributed by atoms with E-state index in [-0.39, 0.29) is 29.9 Å². The fourth-order valence-corrected chi connectivity index (χ4v) is 3.85. The van der Waals surface area contributed by atoms with Crippen LogP contribution in [0.2, 0.25) is 0 Å². The van der Waals surface area contributed by atoms with Crippen molar-refractivity contribution in [1.82, 2.24) is 0 Å². The highest BCUT2D eigenvalue weighted by molar-refractivity contribution is 6.00. The number of ether oxygens (including phenoxy) is 2. The molecule has 1 aromatic carbocycles. The lowest BCUT2D eigenvalue weighted by Gasteiger charge is -2.09. The average Bonchev–Trinajstić information content (AvgIpc) is 2.81. The van der Waals surface area contributed by atoms with E-state index < -0.39 is 17.9 Å². The first-order chi connectivity index (χ1) is 16.7. The zero-order chi connectivity index (χ0) is 26.1. The van der Waals surface area contributed by atoms with Crippen molar-refractivity contribution in [2.75, 3.05) is 13.2 Å². The predicted octanol–water partition coefficient (Wildman–Crippen LogP) is 7.69. The van der Waals surface area contributed by atoms with Crippen LogP contribution < -0.4 is 0 Å². The summed E-state index contributed by atoms with van der Waals surface area (Å²) in [5.74, 6) is -1.00. The van der Waals surface area contributed by atoms with E-state index >= 15 is 0 Å². The zero-order valence-electron chi connectivity index (χ0n) is 22.3. The van der Waals surface area contributed by atoms with Crippen molar-refractivity contribution in [1.29, 1.82) is 0 Å². The summed E-state index contributed by atoms with van der Waals surface area (Å²) in [6.45, 7) is 9.44. The molecule has 1 N–H and O–H groups in total. The number of benzene rings is 1. The van der Waals surface area contributed by atoms with Crippen molar-refractivity contribution in [3.8, 4) is 0 Å². The van der Waals surface area contributed by atoms with Gasteiger partial charge >= 0.3 is 17.9 Å². The van der Waals surface area contributed by atoms with E-state index in [4.69, 9.17) is 9.47 Å². The Morgan fingerprint density at radius 2 is 0.943 bits per heavy atom. The monoisotopic (exact) mass is 490 g/mol. The molecule has 0 amide bonds. The third-order valence-corrected chi connectivity index (χ3v) is 5.97. The maximum atomic E-state index is 12.5. The SMILES string of the molecule is CC(C)CCCCCCCOC(=O)c1cc(C(=O)O)cc(C(=O)OCCCCCCCC(C)C)c1. The molecule has 0 aliphatic rings. The topological polar surface area (TPSA) is 89.9 Å². The molecule has 35 heavy (non-hydrogen) atoms. The van der Waals surface area contributed by atoms with Gasteiger partial charge in [0.2, 0.25) is 0 Å². The molecule has 0 aliphatic heterocycles. The molecule has 1 rings (SSSR count). The Bertz CT molecular complexity index is 714. The first-order valence-electron chi connectivity index (χ1n) is 13.4. The molecule has 1 aromatic rings. The third-order valence-electron chi connectivity index (χ3n) is 5.97. The number of esters is 2. The van der Waals surface area contributed by atoms with E-state index in [0.29, 0.717) is 0 Å². The molecule has 6 heteroatoms. The lowest BCUT2D eigenvalue weighted by atomic mass is 10.0. The summed E-state index contributed by atoms with van der Waals surface area (Å²) < 4.78 is 10.6. The first-order valence-corrected chi connectivity index (χ1v) is 13.4. The van der Waals surface area contributed by atoms with E-state index in [1.807, 2.05) is 0 Å². The molecule has 0 atom stereocenters. The van der Waals surface area contributed by atoms with Crippen LogP contribution >= 0.6 is 0 Å². The maximum absolute atomic E-state index is 12.5. The fourth-order valence-electron chi connectivity index (χ4n) is 3.85. The molecule has 0 spiro atoms. The van der Waals surface area contributed by atoms with Crippen molar-refractivity contribution in [2.24, 2.45) is 11.8 Å². The van der Waals surface area contributed by atoms with Crippen molar-refractivity contribution < 1.29 is 29.0 Å². The number of carboxylic acid groups (broad SMARTS) is 1. The van der Waals surface area contributed by atoms with Crippen molar-refractivity contribution in [2.45, 2.75) is 105 Å². The Hall–Kier alpha value is -2.37. The Morgan fingerprint density at radius 3 is 1.31 bits per heavy atom. The number of carboxylic acids is 1. The second-order valence-electron chi connectivity index (χ2n) is 10.3. The highest BCUT2D eigenvalue weighted by Gasteiger charge is 2.17. The molecule has 0 saturated heterocycles. The van der Waals surface area contributed by atoms with E-state index in [2.05, 4.69) is 27.7 Å².